The van der Waals surface area contributed by atoms with Crippen LogP contribution in [0.3, 0.4) is 0 Å². The van der Waals surface area contributed by atoms with Crippen molar-refractivity contribution in [2.75, 3.05) is 0 Å². The van der Waals surface area contributed by atoms with Crippen molar-refractivity contribution >= 4 is 22.9 Å². The largest absolute Gasteiger partial charge is 0.458 e. The van der Waals surface area contributed by atoms with Gasteiger partial charge in [0.2, 0.25) is 5.72 Å². The van der Waals surface area contributed by atoms with E-state index in [9.17, 15) is 9.90 Å². The number of aliphatic hydroxyl groups is 1. The molecule has 1 saturated heterocycles. The normalized spacial score (nSPS) is 39.6. The first kappa shape index (κ1) is 20.6. The highest BCUT2D eigenvalue weighted by Crippen LogP contribution is 2.89. The van der Waals surface area contributed by atoms with Gasteiger partial charge < -0.3 is 14.6 Å². The predicted molar refractivity (Wildman–Crippen MR) is 123 cm³/mol. The molecule has 4 aliphatic rings. The summed E-state index contributed by atoms with van der Waals surface area (Å²) in [6, 6.07) is 10.3. The van der Waals surface area contributed by atoms with Crippen LogP contribution in [0.15, 0.2) is 47.7 Å². The van der Waals surface area contributed by atoms with E-state index in [1.807, 2.05) is 16.8 Å². The average Bonchev–Trinajstić information content (AvgIpc) is 3.03. The van der Waals surface area contributed by atoms with Crippen LogP contribution in [0.25, 0.3) is 5.57 Å². The molecule has 3 N–H and O–H groups in total. The summed E-state index contributed by atoms with van der Waals surface area (Å²) in [5, 5.41) is 14.5. The Hall–Kier alpha value is -1.99. The topological polar surface area (TPSA) is 85.1 Å². The van der Waals surface area contributed by atoms with Gasteiger partial charge in [-0.3, -0.25) is 5.73 Å². The Bertz CT molecular complexity index is 1150. The van der Waals surface area contributed by atoms with E-state index in [0.717, 1.165) is 17.6 Å². The van der Waals surface area contributed by atoms with E-state index >= 15 is 0 Å². The Morgan fingerprint density at radius 2 is 2.09 bits per heavy atom. The molecule has 5 nitrogen and oxygen atoms in total. The van der Waals surface area contributed by atoms with Gasteiger partial charge in [-0.1, -0.05) is 51.6 Å². The number of epoxide rings is 1. The quantitative estimate of drug-likeness (QED) is 0.417. The number of hydrogen-bond acceptors (Lipinski definition) is 6. The number of hydrogen-bond donors (Lipinski definition) is 2. The molecule has 3 fully saturated rings. The van der Waals surface area contributed by atoms with Gasteiger partial charge in [0.05, 0.1) is 0 Å². The zero-order valence-corrected chi connectivity index (χ0v) is 19.5. The van der Waals surface area contributed by atoms with Crippen molar-refractivity contribution < 1.29 is 19.4 Å². The summed E-state index contributed by atoms with van der Waals surface area (Å²) in [4.78, 5) is 13.1. The summed E-state index contributed by atoms with van der Waals surface area (Å²) in [5.74, 6) is -0.578. The van der Waals surface area contributed by atoms with Gasteiger partial charge in [0.1, 0.15) is 17.3 Å². The summed E-state index contributed by atoms with van der Waals surface area (Å²) < 4.78 is 12.8. The summed E-state index contributed by atoms with van der Waals surface area (Å²) in [6.45, 7) is 11.1. The fourth-order valence-corrected chi connectivity index (χ4v) is 8.23. The molecule has 1 aromatic carbocycles. The fourth-order valence-electron chi connectivity index (χ4n) is 7.57. The van der Waals surface area contributed by atoms with E-state index in [-0.39, 0.29) is 29.5 Å². The number of thiophene rings is 1. The molecule has 2 bridgehead atoms. The molecule has 32 heavy (non-hydrogen) atoms. The zero-order valence-electron chi connectivity index (χ0n) is 18.7. The first-order valence-electron chi connectivity index (χ1n) is 11.2. The molecule has 6 atom stereocenters. The minimum Gasteiger partial charge on any atom is -0.458 e. The lowest BCUT2D eigenvalue weighted by Gasteiger charge is -2.45. The lowest BCUT2D eigenvalue weighted by molar-refractivity contribution is -0.181. The number of ether oxygens (including phenoxy) is 2. The van der Waals surface area contributed by atoms with Crippen LogP contribution in [0.1, 0.15) is 50.3 Å². The molecule has 0 spiro atoms. The molecule has 2 saturated carbocycles. The second-order valence-electron chi connectivity index (χ2n) is 10.8. The molecule has 6 rings (SSSR count). The standard InChI is InChI=1S/C26H29NO4S/c1-15-12-25-23(4)20(30-21(28)24(27,29)13-16-9-10-32-14-16)11-19(22(23,2)3)26(25,31-25)18-8-6-5-7-17(15)18/h5-10,14,19-20,29H,1,11-13,27H2,2-4H3. The Labute approximate surface area is 192 Å². The van der Waals surface area contributed by atoms with Crippen LogP contribution in [0.4, 0.5) is 0 Å². The average molecular weight is 452 g/mol. The second-order valence-corrected chi connectivity index (χ2v) is 11.6. The SMILES string of the molecule is C=C1CC23OC2(c2ccccc21)C1CC(OC(=O)C(N)(O)Cc2ccsc2)C3(C)C1(C)C. The maximum atomic E-state index is 13.1. The highest BCUT2D eigenvalue weighted by atomic mass is 32.1. The summed E-state index contributed by atoms with van der Waals surface area (Å²) in [6.07, 6.45) is 1.05. The van der Waals surface area contributed by atoms with E-state index in [0.29, 0.717) is 6.42 Å². The highest BCUT2D eigenvalue weighted by molar-refractivity contribution is 7.07. The van der Waals surface area contributed by atoms with Gasteiger partial charge in [-0.15, -0.1) is 0 Å². The maximum Gasteiger partial charge on any atom is 0.354 e. The van der Waals surface area contributed by atoms with Crippen molar-refractivity contribution in [3.05, 3.63) is 64.4 Å². The number of esters is 1. The first-order chi connectivity index (χ1) is 15.0. The van der Waals surface area contributed by atoms with Crippen molar-refractivity contribution in [3.63, 3.8) is 0 Å². The van der Waals surface area contributed by atoms with Crippen molar-refractivity contribution in [3.8, 4) is 0 Å². The first-order valence-corrected chi connectivity index (χ1v) is 12.2. The number of nitrogens with two attached hydrogens (primary N) is 1. The predicted octanol–water partition coefficient (Wildman–Crippen LogP) is 4.00. The van der Waals surface area contributed by atoms with E-state index < -0.39 is 22.7 Å². The van der Waals surface area contributed by atoms with Gasteiger partial charge in [0.15, 0.2) is 0 Å². The molecule has 168 valence electrons. The van der Waals surface area contributed by atoms with Crippen LogP contribution in [0, 0.1) is 16.7 Å². The van der Waals surface area contributed by atoms with Crippen LogP contribution >= 0.6 is 11.3 Å². The van der Waals surface area contributed by atoms with Crippen molar-refractivity contribution in [2.45, 2.75) is 63.1 Å². The lowest BCUT2D eigenvalue weighted by Crippen LogP contribution is -2.56. The minimum atomic E-state index is -2.06. The smallest absolute Gasteiger partial charge is 0.354 e. The fraction of sp³-hybridized carbons (Fsp3) is 0.500. The van der Waals surface area contributed by atoms with Gasteiger partial charge >= 0.3 is 5.97 Å². The Kier molecular flexibility index (Phi) is 3.81. The third-order valence-electron chi connectivity index (χ3n) is 9.35. The van der Waals surface area contributed by atoms with Crippen LogP contribution in [0.5, 0.6) is 0 Å². The third kappa shape index (κ3) is 2.08. The van der Waals surface area contributed by atoms with Crippen LogP contribution in [-0.2, 0) is 26.3 Å². The van der Waals surface area contributed by atoms with Gasteiger partial charge in [0.25, 0.3) is 0 Å². The monoisotopic (exact) mass is 451 g/mol. The molecule has 2 heterocycles. The molecular weight excluding hydrogens is 422 g/mol. The maximum absolute atomic E-state index is 13.1. The lowest BCUT2D eigenvalue weighted by atomic mass is 9.59. The van der Waals surface area contributed by atoms with Crippen molar-refractivity contribution in [2.24, 2.45) is 22.5 Å². The number of carbonyl (C=O) groups is 1. The molecule has 0 radical (unpaired) electrons. The van der Waals surface area contributed by atoms with Crippen LogP contribution in [0.2, 0.25) is 0 Å². The van der Waals surface area contributed by atoms with Crippen LogP contribution < -0.4 is 5.73 Å². The molecule has 1 aromatic heterocycles. The molecule has 1 aliphatic heterocycles. The van der Waals surface area contributed by atoms with Crippen molar-refractivity contribution in [1.82, 2.24) is 0 Å². The van der Waals surface area contributed by atoms with E-state index in [1.165, 1.54) is 22.5 Å². The summed E-state index contributed by atoms with van der Waals surface area (Å²) >= 11 is 1.50. The Morgan fingerprint density at radius 3 is 2.81 bits per heavy atom. The molecule has 0 amide bonds. The van der Waals surface area contributed by atoms with Gasteiger partial charge in [-0.2, -0.15) is 11.3 Å². The molecular formula is C26H29NO4S. The van der Waals surface area contributed by atoms with Crippen LogP contribution in [-0.4, -0.2) is 28.5 Å². The molecule has 3 aliphatic carbocycles. The van der Waals surface area contributed by atoms with E-state index in [1.54, 1.807) is 0 Å². The van der Waals surface area contributed by atoms with E-state index in [4.69, 9.17) is 15.2 Å². The highest BCUT2D eigenvalue weighted by Gasteiger charge is 2.95. The van der Waals surface area contributed by atoms with E-state index in [2.05, 4.69) is 51.6 Å². The van der Waals surface area contributed by atoms with Gasteiger partial charge in [0, 0.05) is 24.2 Å². The zero-order chi connectivity index (χ0) is 22.7. The van der Waals surface area contributed by atoms with Crippen molar-refractivity contribution in [1.29, 1.82) is 0 Å². The molecule has 6 heteroatoms. The molecule has 6 unspecified atom stereocenters. The minimum absolute atomic E-state index is 0.0291. The summed E-state index contributed by atoms with van der Waals surface area (Å²) in [5.41, 5.74) is 6.88. The Balaban J connectivity index is 1.36. The van der Waals surface area contributed by atoms with Gasteiger partial charge in [-0.05, 0) is 50.9 Å². The number of benzene rings is 1. The third-order valence-corrected chi connectivity index (χ3v) is 10.1. The Morgan fingerprint density at radius 1 is 1.34 bits per heavy atom. The second kappa shape index (κ2) is 5.92. The summed E-state index contributed by atoms with van der Waals surface area (Å²) in [7, 11) is 0. The van der Waals surface area contributed by atoms with Gasteiger partial charge in [-0.25, -0.2) is 4.79 Å². The number of rotatable bonds is 4. The molecule has 2 aromatic rings. The number of fused-ring (bicyclic) bond motifs is 3. The number of carbonyl (C=O) groups excluding carboxylic acids is 1.